The summed E-state index contributed by atoms with van der Waals surface area (Å²) < 4.78 is 40.0. The van der Waals surface area contributed by atoms with Crippen molar-refractivity contribution in [2.24, 2.45) is 0 Å². The zero-order valence-corrected chi connectivity index (χ0v) is 11.7. The Morgan fingerprint density at radius 3 is 2.62 bits per heavy atom. The van der Waals surface area contributed by atoms with E-state index < -0.39 is 18.8 Å². The summed E-state index contributed by atoms with van der Waals surface area (Å²) in [7, 11) is 0. The second-order valence-electron chi connectivity index (χ2n) is 4.72. The zero-order chi connectivity index (χ0) is 16.0. The lowest BCUT2D eigenvalue weighted by atomic mass is 10.1. The maximum atomic E-state index is 11.9. The number of nitrogens with zero attached hydrogens (tertiary/aromatic N) is 1. The molecule has 0 radical (unpaired) electrons. The Morgan fingerprint density at radius 2 is 2.10 bits per heavy atom. The molecule has 0 bridgehead atoms. The lowest BCUT2D eigenvalue weighted by Crippen LogP contribution is -2.20. The summed E-state index contributed by atoms with van der Waals surface area (Å²) in [6.07, 6.45) is -4.35. The number of ether oxygens (including phenoxy) is 1. The summed E-state index contributed by atoms with van der Waals surface area (Å²) in [6, 6.07) is 2.80. The van der Waals surface area contributed by atoms with Gasteiger partial charge in [-0.3, -0.25) is 0 Å². The van der Waals surface area contributed by atoms with Crippen LogP contribution in [-0.4, -0.2) is 42.0 Å². The largest absolute Gasteiger partial charge is 0.478 e. The molecule has 0 aliphatic rings. The van der Waals surface area contributed by atoms with E-state index in [0.29, 0.717) is 11.5 Å². The van der Waals surface area contributed by atoms with E-state index in [9.17, 15) is 18.0 Å². The molecule has 0 spiro atoms. The van der Waals surface area contributed by atoms with Crippen LogP contribution in [0.3, 0.4) is 0 Å². The first-order valence-corrected chi connectivity index (χ1v) is 6.32. The van der Waals surface area contributed by atoms with Gasteiger partial charge >= 0.3 is 12.1 Å². The molecule has 0 aliphatic heterocycles. The number of aromatic nitrogens is 1. The Bertz CT molecular complexity index is 490. The van der Waals surface area contributed by atoms with Crippen molar-refractivity contribution in [2.75, 3.05) is 25.1 Å². The first-order valence-electron chi connectivity index (χ1n) is 6.32. The molecule has 1 aromatic heterocycles. The van der Waals surface area contributed by atoms with Crippen molar-refractivity contribution in [1.29, 1.82) is 0 Å². The predicted octanol–water partition coefficient (Wildman–Crippen LogP) is 2.89. The Labute approximate surface area is 120 Å². The van der Waals surface area contributed by atoms with Gasteiger partial charge < -0.3 is 15.2 Å². The fourth-order valence-electron chi connectivity index (χ4n) is 1.50. The number of carboxylic acids is 1. The standard InChI is InChI=1S/C13H17F3N2O3/c1-8(2)10-5-9(12(19)20)6-11(18-10)17-3-4-21-7-13(14,15)16/h5-6,8H,3-4,7H2,1-2H3,(H,17,18)(H,19,20). The van der Waals surface area contributed by atoms with Crippen molar-refractivity contribution in [3.8, 4) is 0 Å². The molecule has 1 aromatic rings. The van der Waals surface area contributed by atoms with E-state index in [2.05, 4.69) is 15.0 Å². The Balaban J connectivity index is 2.60. The Morgan fingerprint density at radius 1 is 1.43 bits per heavy atom. The smallest absolute Gasteiger partial charge is 0.411 e. The third-order valence-electron chi connectivity index (χ3n) is 2.50. The Hall–Kier alpha value is -1.83. The van der Waals surface area contributed by atoms with Crippen molar-refractivity contribution in [1.82, 2.24) is 4.98 Å². The van der Waals surface area contributed by atoms with Crippen LogP contribution < -0.4 is 5.32 Å². The van der Waals surface area contributed by atoms with Crippen molar-refractivity contribution < 1.29 is 27.8 Å². The number of alkyl halides is 3. The highest BCUT2D eigenvalue weighted by Gasteiger charge is 2.27. The van der Waals surface area contributed by atoms with Gasteiger partial charge in [-0.25, -0.2) is 9.78 Å². The molecule has 8 heteroatoms. The molecular weight excluding hydrogens is 289 g/mol. The minimum Gasteiger partial charge on any atom is -0.478 e. The summed E-state index contributed by atoms with van der Waals surface area (Å²) >= 11 is 0. The maximum Gasteiger partial charge on any atom is 0.411 e. The van der Waals surface area contributed by atoms with Gasteiger partial charge in [0.15, 0.2) is 0 Å². The van der Waals surface area contributed by atoms with Crippen LogP contribution in [0.25, 0.3) is 0 Å². The molecule has 0 fully saturated rings. The first-order chi connectivity index (χ1) is 9.69. The van der Waals surface area contributed by atoms with Crippen LogP contribution in [0.5, 0.6) is 0 Å². The van der Waals surface area contributed by atoms with Gasteiger partial charge in [-0.2, -0.15) is 13.2 Å². The van der Waals surface area contributed by atoms with Gasteiger partial charge in [0.25, 0.3) is 0 Å². The van der Waals surface area contributed by atoms with E-state index in [4.69, 9.17) is 5.11 Å². The number of rotatable bonds is 7. The molecule has 0 unspecified atom stereocenters. The van der Waals surface area contributed by atoms with Crippen LogP contribution in [0.15, 0.2) is 12.1 Å². The van der Waals surface area contributed by atoms with Crippen LogP contribution in [0.2, 0.25) is 0 Å². The number of pyridine rings is 1. The lowest BCUT2D eigenvalue weighted by Gasteiger charge is -2.12. The molecule has 0 saturated heterocycles. The second kappa shape index (κ2) is 7.26. The molecule has 118 valence electrons. The minimum absolute atomic E-state index is 0.0336. The highest BCUT2D eigenvalue weighted by molar-refractivity contribution is 5.88. The third kappa shape index (κ3) is 6.44. The van der Waals surface area contributed by atoms with Crippen LogP contribution in [0, 0.1) is 0 Å². The van der Waals surface area contributed by atoms with Crippen LogP contribution in [-0.2, 0) is 4.74 Å². The van der Waals surface area contributed by atoms with Gasteiger partial charge in [0.2, 0.25) is 0 Å². The topological polar surface area (TPSA) is 71.5 Å². The summed E-state index contributed by atoms with van der Waals surface area (Å²) in [4.78, 5) is 15.2. The molecular formula is C13H17F3N2O3. The molecule has 0 aliphatic carbocycles. The highest BCUT2D eigenvalue weighted by atomic mass is 19.4. The molecule has 1 heterocycles. The van der Waals surface area contributed by atoms with E-state index in [1.54, 1.807) is 0 Å². The summed E-state index contributed by atoms with van der Waals surface area (Å²) in [5.74, 6) is -0.754. The third-order valence-corrected chi connectivity index (χ3v) is 2.50. The number of nitrogens with one attached hydrogen (secondary N) is 1. The predicted molar refractivity (Wildman–Crippen MR) is 70.6 cm³/mol. The van der Waals surface area contributed by atoms with Gasteiger partial charge in [0.05, 0.1) is 12.2 Å². The molecule has 0 saturated carbocycles. The van der Waals surface area contributed by atoms with Crippen LogP contribution in [0.4, 0.5) is 19.0 Å². The normalized spacial score (nSPS) is 11.7. The van der Waals surface area contributed by atoms with Gasteiger partial charge in [-0.05, 0) is 18.1 Å². The number of hydrogen-bond donors (Lipinski definition) is 2. The number of hydrogen-bond acceptors (Lipinski definition) is 4. The number of carbonyl (C=O) groups is 1. The van der Waals surface area contributed by atoms with Gasteiger partial charge in [0.1, 0.15) is 12.4 Å². The molecule has 0 atom stereocenters. The summed E-state index contributed by atoms with van der Waals surface area (Å²) in [6.45, 7) is 2.36. The number of halogens is 3. The molecule has 0 aromatic carbocycles. The Kier molecular flexibility index (Phi) is 5.95. The van der Waals surface area contributed by atoms with Crippen molar-refractivity contribution in [2.45, 2.75) is 25.9 Å². The van der Waals surface area contributed by atoms with Crippen LogP contribution in [0.1, 0.15) is 35.8 Å². The number of anilines is 1. The zero-order valence-electron chi connectivity index (χ0n) is 11.7. The summed E-state index contributed by atoms with van der Waals surface area (Å²) in [5, 5.41) is 11.8. The monoisotopic (exact) mass is 306 g/mol. The molecule has 1 rings (SSSR count). The highest BCUT2D eigenvalue weighted by Crippen LogP contribution is 2.18. The second-order valence-corrected chi connectivity index (χ2v) is 4.72. The van der Waals surface area contributed by atoms with Crippen molar-refractivity contribution in [3.05, 3.63) is 23.4 Å². The van der Waals surface area contributed by atoms with Gasteiger partial charge in [-0.1, -0.05) is 13.8 Å². The van der Waals surface area contributed by atoms with Gasteiger partial charge in [0, 0.05) is 12.2 Å². The molecule has 0 amide bonds. The SMILES string of the molecule is CC(C)c1cc(C(=O)O)cc(NCCOCC(F)(F)F)n1. The van der Waals surface area contributed by atoms with E-state index in [-0.39, 0.29) is 24.6 Å². The molecule has 21 heavy (non-hydrogen) atoms. The first kappa shape index (κ1) is 17.2. The fourth-order valence-corrected chi connectivity index (χ4v) is 1.50. The van der Waals surface area contributed by atoms with E-state index >= 15 is 0 Å². The average Bonchev–Trinajstić information content (AvgIpc) is 2.36. The maximum absolute atomic E-state index is 11.9. The van der Waals surface area contributed by atoms with Gasteiger partial charge in [-0.15, -0.1) is 0 Å². The minimum atomic E-state index is -4.35. The van der Waals surface area contributed by atoms with E-state index in [0.717, 1.165) is 0 Å². The molecule has 2 N–H and O–H groups in total. The average molecular weight is 306 g/mol. The summed E-state index contributed by atoms with van der Waals surface area (Å²) in [5.41, 5.74) is 0.668. The quantitative estimate of drug-likeness (QED) is 0.758. The van der Waals surface area contributed by atoms with E-state index in [1.807, 2.05) is 13.8 Å². The van der Waals surface area contributed by atoms with Crippen molar-refractivity contribution >= 4 is 11.8 Å². The fraction of sp³-hybridized carbons (Fsp3) is 0.538. The molecule has 5 nitrogen and oxygen atoms in total. The number of carboxylic acid groups (broad SMARTS) is 1. The van der Waals surface area contributed by atoms with Crippen molar-refractivity contribution in [3.63, 3.8) is 0 Å². The van der Waals surface area contributed by atoms with E-state index in [1.165, 1.54) is 12.1 Å². The number of aromatic carboxylic acids is 1. The van der Waals surface area contributed by atoms with Crippen LogP contribution >= 0.6 is 0 Å². The lowest BCUT2D eigenvalue weighted by molar-refractivity contribution is -0.172.